The van der Waals surface area contributed by atoms with Crippen molar-refractivity contribution >= 4 is 17.4 Å². The molecule has 3 rings (SSSR count). The molecule has 2 aromatic carbocycles. The molecule has 1 unspecified atom stereocenters. The molecule has 1 aliphatic heterocycles. The molecule has 0 spiro atoms. The second kappa shape index (κ2) is 8.48. The number of aryl methyl sites for hydroxylation is 2. The van der Waals surface area contributed by atoms with E-state index in [0.717, 1.165) is 10.6 Å². The Morgan fingerprint density at radius 1 is 1.00 bits per heavy atom. The Morgan fingerprint density at radius 3 is 2.26 bits per heavy atom. The van der Waals surface area contributed by atoms with Crippen molar-refractivity contribution in [2.24, 2.45) is 0 Å². The molecule has 0 radical (unpaired) electrons. The second-order valence-electron chi connectivity index (χ2n) is 4.39. The van der Waals surface area contributed by atoms with E-state index in [1.165, 1.54) is 16.7 Å². The fourth-order valence-corrected chi connectivity index (χ4v) is 3.23. The molecule has 0 bridgehead atoms. The van der Waals surface area contributed by atoms with E-state index >= 15 is 0 Å². The smallest absolute Gasteiger partial charge is 0.445 e. The molecule has 1 atom stereocenters. The summed E-state index contributed by atoms with van der Waals surface area (Å²) in [5.74, 6) is 0. The molecular weight excluding hydrogens is 304 g/mol. The normalized spacial score (nSPS) is 15.8. The summed E-state index contributed by atoms with van der Waals surface area (Å²) in [6, 6.07) is 17.0. The molecular formula is C15H13K2NS. The van der Waals surface area contributed by atoms with Crippen molar-refractivity contribution < 1.29 is 103 Å². The van der Waals surface area contributed by atoms with Gasteiger partial charge in [0.1, 0.15) is 0 Å². The van der Waals surface area contributed by atoms with Gasteiger partial charge in [-0.2, -0.15) is 22.3 Å². The van der Waals surface area contributed by atoms with Gasteiger partial charge in [0.05, 0.1) is 5.37 Å². The van der Waals surface area contributed by atoms with Gasteiger partial charge in [-0.3, -0.25) is 18.2 Å². The number of rotatable bonds is 1. The molecule has 1 N–H and O–H groups in total. The summed E-state index contributed by atoms with van der Waals surface area (Å²) in [5, 5.41) is 3.77. The average molecular weight is 318 g/mol. The first-order valence-corrected chi connectivity index (χ1v) is 6.54. The van der Waals surface area contributed by atoms with Crippen LogP contribution in [0.4, 0.5) is 5.69 Å². The molecule has 0 aliphatic carbocycles. The molecule has 0 fully saturated rings. The third kappa shape index (κ3) is 4.66. The summed E-state index contributed by atoms with van der Waals surface area (Å²) in [7, 11) is 0. The SMILES string of the molecule is Cc1cc(C)cc(C2Nc3[c-]cc[c-]c3S2)c1.[K+].[K+]. The quantitative estimate of drug-likeness (QED) is 0.489. The maximum absolute atomic E-state index is 3.48. The van der Waals surface area contributed by atoms with Gasteiger partial charge in [0.15, 0.2) is 0 Å². The number of nitrogens with one attached hydrogen (secondary N) is 1. The van der Waals surface area contributed by atoms with Crippen LogP contribution in [0, 0.1) is 26.0 Å². The Morgan fingerprint density at radius 2 is 1.63 bits per heavy atom. The van der Waals surface area contributed by atoms with Crippen molar-refractivity contribution in [1.82, 2.24) is 0 Å². The summed E-state index contributed by atoms with van der Waals surface area (Å²) in [4.78, 5) is 1.16. The molecule has 2 aromatic rings. The maximum atomic E-state index is 3.48. The second-order valence-corrected chi connectivity index (χ2v) is 5.50. The van der Waals surface area contributed by atoms with E-state index < -0.39 is 0 Å². The van der Waals surface area contributed by atoms with Crippen molar-refractivity contribution in [2.45, 2.75) is 24.1 Å². The van der Waals surface area contributed by atoms with Crippen molar-refractivity contribution in [3.8, 4) is 0 Å². The van der Waals surface area contributed by atoms with E-state index in [1.54, 1.807) is 0 Å². The number of hydrogen-bond acceptors (Lipinski definition) is 2. The van der Waals surface area contributed by atoms with Crippen molar-refractivity contribution in [3.63, 3.8) is 0 Å². The minimum atomic E-state index is 0. The van der Waals surface area contributed by atoms with Crippen LogP contribution in [-0.2, 0) is 0 Å². The van der Waals surface area contributed by atoms with Gasteiger partial charge in [-0.05, 0) is 19.4 Å². The molecule has 86 valence electrons. The summed E-state index contributed by atoms with van der Waals surface area (Å²) < 4.78 is 0. The summed E-state index contributed by atoms with van der Waals surface area (Å²) in [5.41, 5.74) is 5.02. The van der Waals surface area contributed by atoms with Gasteiger partial charge >= 0.3 is 103 Å². The van der Waals surface area contributed by atoms with Gasteiger partial charge in [-0.15, -0.1) is 0 Å². The maximum Gasteiger partial charge on any atom is 1.00 e. The van der Waals surface area contributed by atoms with Crippen LogP contribution in [0.5, 0.6) is 0 Å². The third-order valence-corrected chi connectivity index (χ3v) is 3.99. The van der Waals surface area contributed by atoms with Crippen LogP contribution in [0.1, 0.15) is 22.1 Å². The van der Waals surface area contributed by atoms with Gasteiger partial charge in [0.2, 0.25) is 0 Å². The largest absolute Gasteiger partial charge is 1.00 e. The van der Waals surface area contributed by atoms with E-state index in [2.05, 4.69) is 49.5 Å². The topological polar surface area (TPSA) is 12.0 Å². The molecule has 4 heteroatoms. The molecule has 1 nitrogen and oxygen atoms in total. The van der Waals surface area contributed by atoms with Crippen molar-refractivity contribution in [3.05, 3.63) is 59.2 Å². The minimum absolute atomic E-state index is 0. The predicted molar refractivity (Wildman–Crippen MR) is 72.3 cm³/mol. The van der Waals surface area contributed by atoms with Crippen molar-refractivity contribution in [1.29, 1.82) is 0 Å². The van der Waals surface area contributed by atoms with Crippen molar-refractivity contribution in [2.75, 3.05) is 5.32 Å². The van der Waals surface area contributed by atoms with E-state index in [0.29, 0.717) is 5.37 Å². The van der Waals surface area contributed by atoms with Gasteiger partial charge in [0.25, 0.3) is 0 Å². The fraction of sp³-hybridized carbons (Fsp3) is 0.200. The Labute approximate surface area is 204 Å². The zero-order chi connectivity index (χ0) is 11.8. The van der Waals surface area contributed by atoms with Gasteiger partial charge < -0.3 is 11.4 Å². The average Bonchev–Trinajstić information content (AvgIpc) is 2.71. The van der Waals surface area contributed by atoms with Crippen LogP contribution in [0.2, 0.25) is 0 Å². The van der Waals surface area contributed by atoms with Crippen LogP contribution < -0.4 is 108 Å². The fourth-order valence-electron chi connectivity index (χ4n) is 2.17. The summed E-state index contributed by atoms with van der Waals surface area (Å²) >= 11 is 1.81. The number of anilines is 1. The molecule has 1 heterocycles. The Bertz CT molecular complexity index is 527. The monoisotopic (exact) mass is 317 g/mol. The third-order valence-electron chi connectivity index (χ3n) is 2.81. The van der Waals surface area contributed by atoms with Gasteiger partial charge in [-0.1, -0.05) is 29.3 Å². The van der Waals surface area contributed by atoms with Crippen LogP contribution >= 0.6 is 11.8 Å². The Balaban J connectivity index is 0.000000902. The van der Waals surface area contributed by atoms with Crippen LogP contribution in [0.3, 0.4) is 0 Å². The summed E-state index contributed by atoms with van der Waals surface area (Å²) in [6.07, 6.45) is 0. The minimum Gasteiger partial charge on any atom is -0.445 e. The Hall–Kier alpha value is 1.86. The number of hydrogen-bond donors (Lipinski definition) is 1. The number of fused-ring (bicyclic) bond motifs is 1. The molecule has 0 aromatic heterocycles. The number of thioether (sulfide) groups is 1. The first-order chi connectivity index (χ1) is 8.22. The standard InChI is InChI=1S/C15H13NS.2K/c1-10-7-11(2)9-12(8-10)15-16-13-5-3-4-6-14(13)17-15;;/h3-4,7-9,15-16H,1-2H3;;/q-2;2*+1. The van der Waals surface area contributed by atoms with Crippen LogP contribution in [0.25, 0.3) is 0 Å². The van der Waals surface area contributed by atoms with E-state index in [9.17, 15) is 0 Å². The molecule has 19 heavy (non-hydrogen) atoms. The zero-order valence-corrected chi connectivity index (χ0v) is 18.9. The molecule has 0 saturated heterocycles. The van der Waals surface area contributed by atoms with Crippen LogP contribution in [-0.4, -0.2) is 0 Å². The van der Waals surface area contributed by atoms with E-state index in [1.807, 2.05) is 23.9 Å². The number of benzene rings is 2. The first kappa shape index (κ1) is 18.9. The first-order valence-electron chi connectivity index (χ1n) is 5.66. The molecule has 0 saturated carbocycles. The van der Waals surface area contributed by atoms with Gasteiger partial charge in [-0.25, -0.2) is 0 Å². The zero-order valence-electron chi connectivity index (χ0n) is 11.9. The van der Waals surface area contributed by atoms with Crippen LogP contribution in [0.15, 0.2) is 35.2 Å². The predicted octanol–water partition coefficient (Wildman–Crippen LogP) is -1.87. The Kier molecular flexibility index (Phi) is 8.44. The molecule has 1 aliphatic rings. The summed E-state index contributed by atoms with van der Waals surface area (Å²) in [6.45, 7) is 4.28. The van der Waals surface area contributed by atoms with E-state index in [4.69, 9.17) is 0 Å². The van der Waals surface area contributed by atoms with E-state index in [-0.39, 0.29) is 103 Å². The van der Waals surface area contributed by atoms with Gasteiger partial charge in [0, 0.05) is 0 Å². The molecule has 0 amide bonds.